The Kier molecular flexibility index (Phi) is 5.10. The zero-order valence-electron chi connectivity index (χ0n) is 5.43. The van der Waals surface area contributed by atoms with Crippen LogP contribution in [0.25, 0.3) is 0 Å². The first-order valence-corrected chi connectivity index (χ1v) is 3.61. The quantitative estimate of drug-likeness (QED) is 0.383. The molecule has 2 heteroatoms. The maximum atomic E-state index is 3.63. The van der Waals surface area contributed by atoms with Gasteiger partial charge in [-0.2, -0.15) is 0 Å². The molecule has 0 aliphatic carbocycles. The van der Waals surface area contributed by atoms with Gasteiger partial charge < -0.3 is 3.88 Å². The van der Waals surface area contributed by atoms with Crippen molar-refractivity contribution >= 4 is 16.5 Å². The lowest BCUT2D eigenvalue weighted by Gasteiger charge is -2.10. The van der Waals surface area contributed by atoms with Crippen molar-refractivity contribution in [2.24, 2.45) is 0 Å². The summed E-state index contributed by atoms with van der Waals surface area (Å²) in [5.41, 5.74) is 0. The first-order valence-electron chi connectivity index (χ1n) is 2.71. The first kappa shape index (κ1) is 7.97. The highest BCUT2D eigenvalue weighted by atomic mass is 27.1. The molecule has 0 fully saturated rings. The second-order valence-electron chi connectivity index (χ2n) is 1.80. The average Bonchev–Trinajstić information content (AvgIpc) is 1.68. The molecule has 0 atom stereocenters. The molecule has 44 valence electrons. The van der Waals surface area contributed by atoms with Crippen molar-refractivity contribution in [1.82, 2.24) is 3.88 Å². The smallest absolute Gasteiger partial charge is 0.322 e. The van der Waals surface area contributed by atoms with Gasteiger partial charge in [0.05, 0.1) is 0 Å². The lowest BCUT2D eigenvalue weighted by atomic mass is 10.5. The van der Waals surface area contributed by atoms with Gasteiger partial charge in [-0.3, -0.25) is 0 Å². The van der Waals surface area contributed by atoms with E-state index in [1.807, 2.05) is 12.2 Å². The summed E-state index contributed by atoms with van der Waals surface area (Å²) < 4.78 is 2.26. The predicted octanol–water partition coefficient (Wildman–Crippen LogP) is 0.209. The van der Waals surface area contributed by atoms with E-state index in [4.69, 9.17) is 0 Å². The van der Waals surface area contributed by atoms with Gasteiger partial charge in [0.15, 0.2) is 0 Å². The van der Waals surface area contributed by atoms with E-state index in [1.165, 1.54) is 0 Å². The Hall–Kier alpha value is -0.0275. The van der Waals surface area contributed by atoms with Crippen molar-refractivity contribution in [1.29, 1.82) is 0 Å². The minimum absolute atomic E-state index is 0.998. The molecule has 0 rings (SSSR count). The summed E-state index contributed by atoms with van der Waals surface area (Å²) in [5.74, 6) is 0. The Balaban J connectivity index is 3.16. The number of hydrogen-bond acceptors (Lipinski definition) is 1. The zero-order chi connectivity index (χ0) is 6.41. The van der Waals surface area contributed by atoms with Gasteiger partial charge in [-0.1, -0.05) is 12.2 Å². The number of hydrogen-bond donors (Lipinski definition) is 0. The molecule has 0 aromatic heterocycles. The zero-order valence-corrected chi connectivity index (χ0v) is 7.43. The number of rotatable bonds is 4. The van der Waals surface area contributed by atoms with E-state index in [0.29, 0.717) is 0 Å². The van der Waals surface area contributed by atoms with Crippen LogP contribution in [0.1, 0.15) is 0 Å². The molecule has 0 aliphatic heterocycles. The van der Waals surface area contributed by atoms with Gasteiger partial charge in [-0.05, 0) is 13.1 Å². The highest BCUT2D eigenvalue weighted by Crippen LogP contribution is 1.78. The summed E-state index contributed by atoms with van der Waals surface area (Å²) in [4.78, 5) is 0. The fraction of sp³-hybridized carbons (Fsp3) is 0.333. The summed E-state index contributed by atoms with van der Waals surface area (Å²) >= 11 is 1.10. The molecule has 0 N–H and O–H groups in total. The Morgan fingerprint density at radius 3 is 1.88 bits per heavy atom. The van der Waals surface area contributed by atoms with E-state index in [9.17, 15) is 0 Å². The third-order valence-electron chi connectivity index (χ3n) is 0.882. The Morgan fingerprint density at radius 2 is 1.62 bits per heavy atom. The summed E-state index contributed by atoms with van der Waals surface area (Å²) in [6.07, 6.45) is 3.83. The average molecular weight is 125 g/mol. The topological polar surface area (TPSA) is 3.24 Å². The SMILES string of the molecule is C=CC[N]([AlH2])CC=C. The van der Waals surface area contributed by atoms with Crippen LogP contribution in [0.2, 0.25) is 0 Å². The standard InChI is InChI=1S/C6H10N.Al.2H/c1-3-5-7-6-4-2;;;/h3-4H,1-2,5-6H2;;;/q-1;+1;;. The molecule has 0 aromatic rings. The van der Waals surface area contributed by atoms with E-state index in [-0.39, 0.29) is 0 Å². The lowest BCUT2D eigenvalue weighted by Crippen LogP contribution is -2.19. The highest BCUT2D eigenvalue weighted by Gasteiger charge is 1.86. The van der Waals surface area contributed by atoms with Crippen LogP contribution in [0.3, 0.4) is 0 Å². The minimum Gasteiger partial charge on any atom is -0.384 e. The third-order valence-corrected chi connectivity index (χ3v) is 1.61. The van der Waals surface area contributed by atoms with E-state index in [1.54, 1.807) is 0 Å². The molecule has 0 radical (unpaired) electrons. The van der Waals surface area contributed by atoms with Gasteiger partial charge in [0, 0.05) is 0 Å². The van der Waals surface area contributed by atoms with Gasteiger partial charge in [0.25, 0.3) is 0 Å². The Bertz CT molecular complexity index is 70.6. The van der Waals surface area contributed by atoms with E-state index in [2.05, 4.69) is 17.0 Å². The van der Waals surface area contributed by atoms with Crippen molar-refractivity contribution in [3.05, 3.63) is 25.3 Å². The summed E-state index contributed by atoms with van der Waals surface area (Å²) in [6.45, 7) is 9.25. The van der Waals surface area contributed by atoms with Crippen LogP contribution >= 0.6 is 0 Å². The molecular weight excluding hydrogens is 113 g/mol. The molecule has 0 amide bonds. The fourth-order valence-corrected chi connectivity index (χ4v) is 1.03. The normalized spacial score (nSPS) is 9.12. The molecule has 8 heavy (non-hydrogen) atoms. The summed E-state index contributed by atoms with van der Waals surface area (Å²) in [6, 6.07) is 0. The molecule has 0 saturated heterocycles. The van der Waals surface area contributed by atoms with Gasteiger partial charge in [0.2, 0.25) is 0 Å². The molecule has 0 spiro atoms. The minimum atomic E-state index is 0.998. The summed E-state index contributed by atoms with van der Waals surface area (Å²) in [5, 5.41) is 0. The van der Waals surface area contributed by atoms with Crippen molar-refractivity contribution in [2.75, 3.05) is 13.1 Å². The van der Waals surface area contributed by atoms with E-state index < -0.39 is 0 Å². The van der Waals surface area contributed by atoms with Crippen LogP contribution in [0.4, 0.5) is 0 Å². The lowest BCUT2D eigenvalue weighted by molar-refractivity contribution is 0.558. The van der Waals surface area contributed by atoms with Crippen LogP contribution in [0, 0.1) is 0 Å². The largest absolute Gasteiger partial charge is 0.384 e. The van der Waals surface area contributed by atoms with Crippen molar-refractivity contribution < 1.29 is 0 Å². The van der Waals surface area contributed by atoms with E-state index >= 15 is 0 Å². The maximum absolute atomic E-state index is 3.63. The van der Waals surface area contributed by atoms with Crippen LogP contribution in [-0.2, 0) is 0 Å². The maximum Gasteiger partial charge on any atom is 0.322 e. The summed E-state index contributed by atoms with van der Waals surface area (Å²) in [7, 11) is 0. The first-order chi connectivity index (χ1) is 3.81. The molecule has 0 bridgehead atoms. The van der Waals surface area contributed by atoms with Crippen molar-refractivity contribution in [2.45, 2.75) is 0 Å². The third kappa shape index (κ3) is 4.14. The Morgan fingerprint density at radius 1 is 1.25 bits per heavy atom. The molecule has 0 saturated carbocycles. The van der Waals surface area contributed by atoms with Crippen molar-refractivity contribution in [3.8, 4) is 0 Å². The van der Waals surface area contributed by atoms with E-state index in [0.717, 1.165) is 29.6 Å². The van der Waals surface area contributed by atoms with Crippen molar-refractivity contribution in [3.63, 3.8) is 0 Å². The van der Waals surface area contributed by atoms with Crippen LogP contribution in [0.15, 0.2) is 25.3 Å². The Labute approximate surface area is 59.3 Å². The highest BCUT2D eigenvalue weighted by molar-refractivity contribution is 6.04. The second-order valence-corrected chi connectivity index (χ2v) is 3.06. The molecule has 1 nitrogen and oxygen atoms in total. The fourth-order valence-electron chi connectivity index (χ4n) is 0.515. The molecule has 0 heterocycles. The molecule has 0 unspecified atom stereocenters. The van der Waals surface area contributed by atoms with Gasteiger partial charge in [-0.25, -0.2) is 0 Å². The van der Waals surface area contributed by atoms with Crippen LogP contribution in [0.5, 0.6) is 0 Å². The monoisotopic (exact) mass is 125 g/mol. The molecule has 0 aromatic carbocycles. The number of nitrogens with zero attached hydrogens (tertiary/aromatic N) is 1. The molecular formula is C6H12AlN. The second kappa shape index (κ2) is 5.12. The van der Waals surface area contributed by atoms with Gasteiger partial charge in [-0.15, -0.1) is 13.2 Å². The van der Waals surface area contributed by atoms with Gasteiger partial charge >= 0.3 is 16.5 Å². The molecule has 0 aliphatic rings. The van der Waals surface area contributed by atoms with Gasteiger partial charge in [0.1, 0.15) is 0 Å². The van der Waals surface area contributed by atoms with Crippen LogP contribution in [-0.4, -0.2) is 33.5 Å². The van der Waals surface area contributed by atoms with Crippen LogP contribution < -0.4 is 0 Å². The predicted molar refractivity (Wildman–Crippen MR) is 40.5 cm³/mol.